The third kappa shape index (κ3) is 1.79. The smallest absolute Gasteiger partial charge is 0.0893 e. The van der Waals surface area contributed by atoms with Crippen molar-refractivity contribution in [3.63, 3.8) is 0 Å². The van der Waals surface area contributed by atoms with Crippen molar-refractivity contribution < 1.29 is 0 Å². The molecule has 0 N–H and O–H groups in total. The molecule has 3 heterocycles. The molecule has 2 nitrogen and oxygen atoms in total. The molecule has 0 spiro atoms. The first-order valence-electron chi connectivity index (χ1n) is 6.52. The molecule has 0 unspecified atom stereocenters. The van der Waals surface area contributed by atoms with Gasteiger partial charge >= 0.3 is 0 Å². The van der Waals surface area contributed by atoms with Gasteiger partial charge in [0.05, 0.1) is 16.1 Å². The third-order valence-electron chi connectivity index (χ3n) is 3.42. The van der Waals surface area contributed by atoms with Crippen molar-refractivity contribution in [2.75, 3.05) is 0 Å². The van der Waals surface area contributed by atoms with Gasteiger partial charge in [0, 0.05) is 27.4 Å². The van der Waals surface area contributed by atoms with E-state index < -0.39 is 0 Å². The fourth-order valence-electron chi connectivity index (χ4n) is 2.46. The van der Waals surface area contributed by atoms with Crippen molar-refractivity contribution in [1.82, 2.24) is 9.97 Å². The lowest BCUT2D eigenvalue weighted by Crippen LogP contribution is -1.88. The van der Waals surface area contributed by atoms with Crippen LogP contribution in [0.5, 0.6) is 0 Å². The number of aryl methyl sites for hydroxylation is 1. The van der Waals surface area contributed by atoms with Crippen LogP contribution < -0.4 is 0 Å². The van der Waals surface area contributed by atoms with Gasteiger partial charge in [0.15, 0.2) is 0 Å². The Kier molecular flexibility index (Phi) is 2.54. The molecule has 1 aromatic carbocycles. The average Bonchev–Trinajstić information content (AvgIpc) is 2.85. The number of rotatable bonds is 1. The van der Waals surface area contributed by atoms with E-state index in [0.717, 1.165) is 17.1 Å². The minimum Gasteiger partial charge on any atom is -0.253 e. The summed E-state index contributed by atoms with van der Waals surface area (Å²) in [6, 6.07) is 16.7. The second kappa shape index (κ2) is 4.39. The van der Waals surface area contributed by atoms with Crippen LogP contribution in [0.3, 0.4) is 0 Å². The summed E-state index contributed by atoms with van der Waals surface area (Å²) in [7, 11) is 0. The van der Waals surface area contributed by atoms with E-state index in [0.29, 0.717) is 0 Å². The topological polar surface area (TPSA) is 25.8 Å². The van der Waals surface area contributed by atoms with Crippen LogP contribution in [0.1, 0.15) is 5.69 Å². The quantitative estimate of drug-likeness (QED) is 0.498. The second-order valence-electron chi connectivity index (χ2n) is 4.83. The number of fused-ring (bicyclic) bond motifs is 3. The Hall–Kier alpha value is -2.26. The zero-order valence-corrected chi connectivity index (χ0v) is 11.8. The fraction of sp³-hybridized carbons (Fsp3) is 0.0588. The molecule has 20 heavy (non-hydrogen) atoms. The van der Waals surface area contributed by atoms with Crippen molar-refractivity contribution in [1.29, 1.82) is 0 Å². The molecule has 0 aliphatic heterocycles. The van der Waals surface area contributed by atoms with Crippen molar-refractivity contribution >= 4 is 31.5 Å². The first-order valence-corrected chi connectivity index (χ1v) is 7.34. The Balaban J connectivity index is 2.00. The number of pyridine rings is 2. The van der Waals surface area contributed by atoms with Crippen LogP contribution >= 0.6 is 11.3 Å². The predicted molar refractivity (Wildman–Crippen MR) is 85.1 cm³/mol. The summed E-state index contributed by atoms with van der Waals surface area (Å²) in [5.74, 6) is 0. The fourth-order valence-corrected chi connectivity index (χ4v) is 3.51. The molecule has 0 aliphatic rings. The molecule has 0 atom stereocenters. The Morgan fingerprint density at radius 1 is 0.850 bits per heavy atom. The summed E-state index contributed by atoms with van der Waals surface area (Å²) in [5, 5.41) is 2.56. The molecule has 0 radical (unpaired) electrons. The van der Waals surface area contributed by atoms with E-state index in [-0.39, 0.29) is 0 Å². The van der Waals surface area contributed by atoms with Gasteiger partial charge in [-0.15, -0.1) is 11.3 Å². The lowest BCUT2D eigenvalue weighted by molar-refractivity contribution is 1.18. The zero-order chi connectivity index (χ0) is 13.5. The van der Waals surface area contributed by atoms with Crippen molar-refractivity contribution in [3.8, 4) is 11.4 Å². The van der Waals surface area contributed by atoms with E-state index in [1.807, 2.05) is 31.3 Å². The van der Waals surface area contributed by atoms with Gasteiger partial charge in [0.2, 0.25) is 0 Å². The Labute approximate surface area is 120 Å². The number of thiophene rings is 1. The van der Waals surface area contributed by atoms with Gasteiger partial charge in [0.25, 0.3) is 0 Å². The minimum absolute atomic E-state index is 0.933. The van der Waals surface area contributed by atoms with Crippen LogP contribution in [0.2, 0.25) is 0 Å². The van der Waals surface area contributed by atoms with Crippen LogP contribution in [0, 0.1) is 6.92 Å². The average molecular weight is 276 g/mol. The molecule has 4 aromatic rings. The van der Waals surface area contributed by atoms with E-state index in [1.54, 1.807) is 11.3 Å². The zero-order valence-electron chi connectivity index (χ0n) is 11.0. The summed E-state index contributed by atoms with van der Waals surface area (Å²) in [4.78, 5) is 9.12. The summed E-state index contributed by atoms with van der Waals surface area (Å²) >= 11 is 1.79. The highest BCUT2D eigenvalue weighted by molar-refractivity contribution is 7.25. The number of nitrogens with zero attached hydrogens (tertiary/aromatic N) is 2. The van der Waals surface area contributed by atoms with Crippen LogP contribution in [0.15, 0.2) is 54.7 Å². The van der Waals surface area contributed by atoms with E-state index >= 15 is 0 Å². The number of hydrogen-bond acceptors (Lipinski definition) is 3. The van der Waals surface area contributed by atoms with E-state index in [1.165, 1.54) is 20.2 Å². The van der Waals surface area contributed by atoms with Crippen LogP contribution in [0.25, 0.3) is 31.6 Å². The molecule has 3 aromatic heterocycles. The minimum atomic E-state index is 0.933. The molecule has 0 saturated heterocycles. The van der Waals surface area contributed by atoms with E-state index in [2.05, 4.69) is 40.3 Å². The van der Waals surface area contributed by atoms with E-state index in [9.17, 15) is 0 Å². The van der Waals surface area contributed by atoms with Gasteiger partial charge in [-0.25, -0.2) is 0 Å². The highest BCUT2D eigenvalue weighted by Crippen LogP contribution is 2.34. The molecule has 0 bridgehead atoms. The molecule has 0 aliphatic carbocycles. The normalized spacial score (nSPS) is 11.2. The SMILES string of the molecule is Cc1cccc(-c2cc3c(cn2)sc2ccccc23)n1. The first kappa shape index (κ1) is 11.6. The summed E-state index contributed by atoms with van der Waals surface area (Å²) in [6.45, 7) is 2.00. The monoisotopic (exact) mass is 276 g/mol. The molecule has 0 amide bonds. The lowest BCUT2D eigenvalue weighted by Gasteiger charge is -2.01. The number of benzene rings is 1. The van der Waals surface area contributed by atoms with E-state index in [4.69, 9.17) is 0 Å². The Morgan fingerprint density at radius 3 is 2.65 bits per heavy atom. The molecule has 0 fully saturated rings. The molecular formula is C17H12N2S. The molecule has 96 valence electrons. The maximum Gasteiger partial charge on any atom is 0.0893 e. The van der Waals surface area contributed by atoms with Crippen molar-refractivity contribution in [2.24, 2.45) is 0 Å². The van der Waals surface area contributed by atoms with Gasteiger partial charge in [-0.05, 0) is 31.2 Å². The molecular weight excluding hydrogens is 264 g/mol. The summed E-state index contributed by atoms with van der Waals surface area (Å²) in [5.41, 5.74) is 2.88. The highest BCUT2D eigenvalue weighted by atomic mass is 32.1. The van der Waals surface area contributed by atoms with Gasteiger partial charge in [-0.3, -0.25) is 9.97 Å². The van der Waals surface area contributed by atoms with Crippen LogP contribution in [-0.2, 0) is 0 Å². The molecule has 3 heteroatoms. The Morgan fingerprint density at radius 2 is 1.75 bits per heavy atom. The lowest BCUT2D eigenvalue weighted by atomic mass is 10.1. The van der Waals surface area contributed by atoms with Crippen LogP contribution in [-0.4, -0.2) is 9.97 Å². The molecule has 4 rings (SSSR count). The van der Waals surface area contributed by atoms with Gasteiger partial charge < -0.3 is 0 Å². The van der Waals surface area contributed by atoms with Gasteiger partial charge in [-0.2, -0.15) is 0 Å². The number of aromatic nitrogens is 2. The summed E-state index contributed by atoms with van der Waals surface area (Å²) in [6.07, 6.45) is 1.96. The second-order valence-corrected chi connectivity index (χ2v) is 5.91. The standard InChI is InChI=1S/C17H12N2S/c1-11-5-4-7-14(19-11)15-9-13-12-6-2-3-8-16(12)20-17(13)10-18-15/h2-10H,1H3. The number of hydrogen-bond donors (Lipinski definition) is 0. The maximum absolute atomic E-state index is 4.56. The van der Waals surface area contributed by atoms with Crippen LogP contribution in [0.4, 0.5) is 0 Å². The maximum atomic E-state index is 4.56. The van der Waals surface area contributed by atoms with Gasteiger partial charge in [0.1, 0.15) is 0 Å². The first-order chi connectivity index (χ1) is 9.81. The molecule has 0 saturated carbocycles. The largest absolute Gasteiger partial charge is 0.253 e. The predicted octanol–water partition coefficient (Wildman–Crippen LogP) is 4.82. The highest BCUT2D eigenvalue weighted by Gasteiger charge is 2.08. The van der Waals surface area contributed by atoms with Crippen molar-refractivity contribution in [2.45, 2.75) is 6.92 Å². The Bertz CT molecular complexity index is 924. The third-order valence-corrected chi connectivity index (χ3v) is 4.54. The summed E-state index contributed by atoms with van der Waals surface area (Å²) < 4.78 is 2.53. The van der Waals surface area contributed by atoms with Gasteiger partial charge in [-0.1, -0.05) is 24.3 Å². The van der Waals surface area contributed by atoms with Crippen molar-refractivity contribution in [3.05, 3.63) is 60.4 Å².